The minimum atomic E-state index is -0.964. The third-order valence-electron chi connectivity index (χ3n) is 14.1. The highest BCUT2D eigenvalue weighted by Gasteiger charge is 2.71. The molecule has 2 unspecified atom stereocenters. The zero-order valence-corrected chi connectivity index (χ0v) is 32.7. The summed E-state index contributed by atoms with van der Waals surface area (Å²) in [6, 6.07) is 0. The number of fused-ring (bicyclic) bond motifs is 4. The maximum atomic E-state index is 12.8. The van der Waals surface area contributed by atoms with E-state index in [2.05, 4.69) is 13.8 Å². The van der Waals surface area contributed by atoms with Gasteiger partial charge in [0, 0.05) is 42.9 Å². The number of carbonyl (C=O) groups is 4. The summed E-state index contributed by atoms with van der Waals surface area (Å²) in [6.45, 7) is 11.7. The average Bonchev–Trinajstić information content (AvgIpc) is 3.50. The van der Waals surface area contributed by atoms with E-state index in [1.807, 2.05) is 27.7 Å². The summed E-state index contributed by atoms with van der Waals surface area (Å²) in [5.41, 5.74) is -1.59. The van der Waals surface area contributed by atoms with Crippen molar-refractivity contribution in [1.29, 1.82) is 0 Å². The third-order valence-corrected chi connectivity index (χ3v) is 14.1. The second kappa shape index (κ2) is 14.7. The van der Waals surface area contributed by atoms with Gasteiger partial charge in [0.25, 0.3) is 0 Å². The van der Waals surface area contributed by atoms with E-state index >= 15 is 0 Å². The maximum absolute atomic E-state index is 12.8. The Morgan fingerprint density at radius 3 is 1.38 bits per heavy atom. The number of ether oxygens (including phenoxy) is 8. The lowest BCUT2D eigenvalue weighted by atomic mass is 9.58. The van der Waals surface area contributed by atoms with Gasteiger partial charge in [-0.2, -0.15) is 0 Å². The number of rotatable bonds is 10. The topological polar surface area (TPSA) is 179 Å². The summed E-state index contributed by atoms with van der Waals surface area (Å²) >= 11 is 0. The summed E-state index contributed by atoms with van der Waals surface area (Å²) in [5.74, 6) is -4.52. The van der Waals surface area contributed by atoms with Crippen LogP contribution in [0.25, 0.3) is 0 Å². The Morgan fingerprint density at radius 1 is 0.545 bits per heavy atom. The fraction of sp³-hybridized carbons (Fsp3) is 0.897. The predicted octanol–water partition coefficient (Wildman–Crippen LogP) is 4.75. The lowest BCUT2D eigenvalue weighted by molar-refractivity contribution is -0.576. The van der Waals surface area contributed by atoms with Crippen molar-refractivity contribution in [2.45, 2.75) is 160 Å². The van der Waals surface area contributed by atoms with Crippen molar-refractivity contribution in [3.63, 3.8) is 0 Å². The minimum Gasteiger partial charge on any atom is -0.465 e. The lowest BCUT2D eigenvalue weighted by Crippen LogP contribution is -2.70. The van der Waals surface area contributed by atoms with Gasteiger partial charge in [0.05, 0.1) is 13.2 Å². The molecule has 0 aromatic carbocycles. The highest BCUT2D eigenvalue weighted by molar-refractivity contribution is 5.91. The van der Waals surface area contributed by atoms with Gasteiger partial charge in [0.1, 0.15) is 12.8 Å². The standard InChI is InChI=1S/C39H56O16/c1-20-8-10-26-22(3)32(48-34-38(26)24(20)12-14-36(5,50-34)52-54-38)46-30(42)18-28(40)44-16-7-17-45-29(41)19-31(43)47-33-23(4)27-11-9-21(2)25-13-15-37(6)51-35(49-33)39(25,27)55-53-37/h20-27,32-35H,7-19H2,1-6H3/t20-,21-,22-,23-,24+,25+,26+,27+,32?,33?,34-,35-,36+,37+,38-,39-/m1/s1. The summed E-state index contributed by atoms with van der Waals surface area (Å²) < 4.78 is 46.8. The van der Waals surface area contributed by atoms with Crippen LogP contribution in [0.5, 0.6) is 0 Å². The molecular formula is C39H56O16. The first kappa shape index (κ1) is 39.4. The highest BCUT2D eigenvalue weighted by Crippen LogP contribution is 2.62. The fourth-order valence-electron chi connectivity index (χ4n) is 11.1. The van der Waals surface area contributed by atoms with E-state index < -0.39 is 84.7 Å². The van der Waals surface area contributed by atoms with E-state index in [1.165, 1.54) is 0 Å². The van der Waals surface area contributed by atoms with Crippen molar-refractivity contribution in [3.8, 4) is 0 Å². The van der Waals surface area contributed by atoms with Gasteiger partial charge in [-0.15, -0.1) is 0 Å². The summed E-state index contributed by atoms with van der Waals surface area (Å²) in [4.78, 5) is 74.5. The van der Waals surface area contributed by atoms with Crippen molar-refractivity contribution < 1.29 is 76.6 Å². The van der Waals surface area contributed by atoms with Crippen LogP contribution in [0, 0.1) is 47.3 Å². The Balaban J connectivity index is 0.752. The van der Waals surface area contributed by atoms with Gasteiger partial charge >= 0.3 is 23.9 Å². The fourth-order valence-corrected chi connectivity index (χ4v) is 11.1. The molecule has 2 spiro atoms. The van der Waals surface area contributed by atoms with E-state index in [9.17, 15) is 19.2 Å². The van der Waals surface area contributed by atoms with Crippen LogP contribution in [0.1, 0.15) is 112 Å². The molecule has 2 saturated carbocycles. The molecule has 0 aromatic heterocycles. The molecule has 8 heterocycles. The molecule has 0 aromatic rings. The molecular weight excluding hydrogens is 724 g/mol. The van der Waals surface area contributed by atoms with Crippen LogP contribution in [0.4, 0.5) is 0 Å². The second-order valence-corrected chi connectivity index (χ2v) is 17.7. The Hall–Kier alpha value is -2.44. The summed E-state index contributed by atoms with van der Waals surface area (Å²) in [5, 5.41) is 0. The smallest absolute Gasteiger partial charge is 0.319 e. The number of hydrogen-bond acceptors (Lipinski definition) is 16. The molecule has 16 heteroatoms. The van der Waals surface area contributed by atoms with Crippen molar-refractivity contribution in [2.24, 2.45) is 47.3 Å². The molecule has 308 valence electrons. The first-order chi connectivity index (χ1) is 26.2. The Bertz CT molecular complexity index is 1400. The molecule has 0 N–H and O–H groups in total. The number of carbonyl (C=O) groups excluding carboxylic acids is 4. The SMILES string of the molecule is C[C@@H]1CC[C@H]2[C@@H](C)C(OC(=O)CC(=O)OCCCOC(=O)CC(=O)OC3O[C@@H]4O[C@]5(C)CC[C@H]6[C@H](C)CC[C@@H]([C@H]3C)[C@@]46OO5)O[C@@H]3O[C@]4(C)CC[C@@H]1[C@]32OO4. The van der Waals surface area contributed by atoms with Gasteiger partial charge < -0.3 is 37.9 Å². The van der Waals surface area contributed by atoms with Gasteiger partial charge in [0.15, 0.2) is 23.8 Å². The zero-order chi connectivity index (χ0) is 38.9. The first-order valence-electron chi connectivity index (χ1n) is 20.3. The molecule has 4 bridgehead atoms. The maximum Gasteiger partial charge on any atom is 0.319 e. The number of esters is 4. The van der Waals surface area contributed by atoms with Gasteiger partial charge in [-0.1, -0.05) is 27.7 Å². The van der Waals surface area contributed by atoms with Crippen LogP contribution in [0.3, 0.4) is 0 Å². The molecule has 55 heavy (non-hydrogen) atoms. The van der Waals surface area contributed by atoms with E-state index in [0.717, 1.165) is 38.5 Å². The van der Waals surface area contributed by atoms with E-state index in [0.29, 0.717) is 24.7 Å². The largest absolute Gasteiger partial charge is 0.465 e. The molecule has 16 nitrogen and oxygen atoms in total. The predicted molar refractivity (Wildman–Crippen MR) is 182 cm³/mol. The van der Waals surface area contributed by atoms with Crippen LogP contribution < -0.4 is 0 Å². The molecule has 10 fully saturated rings. The van der Waals surface area contributed by atoms with E-state index in [4.69, 9.17) is 57.4 Å². The molecule has 0 radical (unpaired) electrons. The second-order valence-electron chi connectivity index (χ2n) is 17.7. The molecule has 8 aliphatic heterocycles. The van der Waals surface area contributed by atoms with Crippen molar-refractivity contribution in [1.82, 2.24) is 0 Å². The van der Waals surface area contributed by atoms with Gasteiger partial charge in [-0.25, -0.2) is 19.6 Å². The normalized spacial score (nSPS) is 48.0. The van der Waals surface area contributed by atoms with Crippen molar-refractivity contribution in [2.75, 3.05) is 13.2 Å². The number of hydrogen-bond donors (Lipinski definition) is 0. The lowest BCUT2D eigenvalue weighted by Gasteiger charge is -2.59. The van der Waals surface area contributed by atoms with E-state index in [-0.39, 0.29) is 55.1 Å². The molecule has 10 rings (SSSR count). The minimum absolute atomic E-state index is 0.0370. The average molecular weight is 781 g/mol. The Morgan fingerprint density at radius 2 is 0.964 bits per heavy atom. The van der Waals surface area contributed by atoms with Crippen LogP contribution in [-0.2, 0) is 76.6 Å². The highest BCUT2D eigenvalue weighted by atomic mass is 17.3. The molecule has 10 aliphatic rings. The van der Waals surface area contributed by atoms with Gasteiger partial charge in [-0.3, -0.25) is 19.2 Å². The van der Waals surface area contributed by atoms with Crippen LogP contribution in [0.15, 0.2) is 0 Å². The molecule has 8 saturated heterocycles. The molecule has 16 atom stereocenters. The first-order valence-corrected chi connectivity index (χ1v) is 20.3. The Kier molecular flexibility index (Phi) is 10.6. The third kappa shape index (κ3) is 6.89. The quantitative estimate of drug-likeness (QED) is 0.0974. The zero-order valence-electron chi connectivity index (χ0n) is 32.7. The van der Waals surface area contributed by atoms with Crippen LogP contribution >= 0.6 is 0 Å². The molecule has 0 amide bonds. The van der Waals surface area contributed by atoms with Crippen LogP contribution in [0.2, 0.25) is 0 Å². The molecule has 2 aliphatic carbocycles. The monoisotopic (exact) mass is 780 g/mol. The summed E-state index contributed by atoms with van der Waals surface area (Å²) in [6.07, 6.45) is 2.21. The summed E-state index contributed by atoms with van der Waals surface area (Å²) in [7, 11) is 0. The Labute approximate surface area is 320 Å². The van der Waals surface area contributed by atoms with Crippen molar-refractivity contribution in [3.05, 3.63) is 0 Å². The van der Waals surface area contributed by atoms with Gasteiger partial charge in [0.2, 0.25) is 24.2 Å². The van der Waals surface area contributed by atoms with Crippen LogP contribution in [-0.4, -0.2) is 85.0 Å². The van der Waals surface area contributed by atoms with E-state index in [1.54, 1.807) is 0 Å². The van der Waals surface area contributed by atoms with Crippen molar-refractivity contribution >= 4 is 23.9 Å². The van der Waals surface area contributed by atoms with Gasteiger partial charge in [-0.05, 0) is 76.0 Å².